The number of hydrogen-bond donors (Lipinski definition) is 2. The summed E-state index contributed by atoms with van der Waals surface area (Å²) in [6.07, 6.45) is 1.38. The molecule has 1 heterocycles. The molecule has 2 amide bonds. The Kier molecular flexibility index (Phi) is 5.80. The molecular weight excluding hydrogens is 280 g/mol. The fourth-order valence-electron chi connectivity index (χ4n) is 2.73. The highest BCUT2D eigenvalue weighted by molar-refractivity contribution is 5.75. The summed E-state index contributed by atoms with van der Waals surface area (Å²) in [5.74, 6) is 0. The number of carbonyl (C=O) groups is 1. The van der Waals surface area contributed by atoms with Crippen LogP contribution in [0.15, 0.2) is 30.3 Å². The van der Waals surface area contributed by atoms with E-state index in [0.717, 1.165) is 12.0 Å². The molecule has 0 aliphatic carbocycles. The molecule has 1 unspecified atom stereocenters. The number of amides is 2. The summed E-state index contributed by atoms with van der Waals surface area (Å²) in [7, 11) is 0. The molecular formula is C17H26N2O3. The van der Waals surface area contributed by atoms with Crippen LogP contribution in [0.4, 0.5) is 4.79 Å². The van der Waals surface area contributed by atoms with E-state index in [1.54, 1.807) is 4.90 Å². The van der Waals surface area contributed by atoms with Gasteiger partial charge in [-0.05, 0) is 32.3 Å². The summed E-state index contributed by atoms with van der Waals surface area (Å²) in [6.45, 7) is 5.87. The molecule has 2 rings (SSSR count). The predicted octanol–water partition coefficient (Wildman–Crippen LogP) is 2.32. The van der Waals surface area contributed by atoms with E-state index in [1.807, 2.05) is 44.2 Å². The van der Waals surface area contributed by atoms with Crippen molar-refractivity contribution in [1.82, 2.24) is 10.2 Å². The monoisotopic (exact) mass is 306 g/mol. The number of ether oxygens (including phenoxy) is 1. The smallest absolute Gasteiger partial charge is 0.318 e. The molecule has 1 aliphatic rings. The van der Waals surface area contributed by atoms with E-state index in [4.69, 9.17) is 9.84 Å². The number of nitrogens with zero attached hydrogens (tertiary/aromatic N) is 1. The minimum absolute atomic E-state index is 0.0665. The molecule has 1 atom stereocenters. The molecule has 2 N–H and O–H groups in total. The van der Waals surface area contributed by atoms with Crippen LogP contribution in [0, 0.1) is 0 Å². The van der Waals surface area contributed by atoms with E-state index in [9.17, 15) is 4.79 Å². The average molecular weight is 306 g/mol. The Labute approximate surface area is 132 Å². The second-order valence-corrected chi connectivity index (χ2v) is 6.31. The summed E-state index contributed by atoms with van der Waals surface area (Å²) in [6, 6.07) is 9.75. The molecule has 0 bridgehead atoms. The second kappa shape index (κ2) is 7.61. The van der Waals surface area contributed by atoms with Crippen molar-refractivity contribution in [3.63, 3.8) is 0 Å². The van der Waals surface area contributed by atoms with Crippen LogP contribution in [0.3, 0.4) is 0 Å². The third-order valence-corrected chi connectivity index (χ3v) is 3.86. The average Bonchev–Trinajstić information content (AvgIpc) is 2.51. The number of rotatable bonds is 5. The van der Waals surface area contributed by atoms with E-state index in [1.165, 1.54) is 0 Å². The van der Waals surface area contributed by atoms with Gasteiger partial charge in [0, 0.05) is 13.2 Å². The Morgan fingerprint density at radius 1 is 1.41 bits per heavy atom. The van der Waals surface area contributed by atoms with Gasteiger partial charge in [-0.1, -0.05) is 30.3 Å². The van der Waals surface area contributed by atoms with Gasteiger partial charge in [-0.25, -0.2) is 4.79 Å². The number of morpholine rings is 1. The Morgan fingerprint density at radius 3 is 2.77 bits per heavy atom. The van der Waals surface area contributed by atoms with Gasteiger partial charge >= 0.3 is 6.03 Å². The largest absolute Gasteiger partial charge is 0.396 e. The number of benzene rings is 1. The zero-order valence-electron chi connectivity index (χ0n) is 13.4. The Bertz CT molecular complexity index is 476. The molecule has 22 heavy (non-hydrogen) atoms. The van der Waals surface area contributed by atoms with Crippen molar-refractivity contribution in [3.05, 3.63) is 35.9 Å². The van der Waals surface area contributed by atoms with Crippen LogP contribution < -0.4 is 5.32 Å². The van der Waals surface area contributed by atoms with Crippen LogP contribution in [0.25, 0.3) is 0 Å². The first-order valence-electron chi connectivity index (χ1n) is 7.87. The fraction of sp³-hybridized carbons (Fsp3) is 0.588. The highest BCUT2D eigenvalue weighted by Gasteiger charge is 2.30. The molecule has 0 saturated carbocycles. The third kappa shape index (κ3) is 4.71. The summed E-state index contributed by atoms with van der Waals surface area (Å²) in [5, 5.41) is 12.2. The van der Waals surface area contributed by atoms with Gasteiger partial charge in [0.25, 0.3) is 0 Å². The number of nitrogens with one attached hydrogen (secondary N) is 1. The minimum atomic E-state index is -0.303. The summed E-state index contributed by atoms with van der Waals surface area (Å²) >= 11 is 0. The highest BCUT2D eigenvalue weighted by atomic mass is 16.5. The van der Waals surface area contributed by atoms with Crippen LogP contribution in [0.2, 0.25) is 0 Å². The molecule has 122 valence electrons. The lowest BCUT2D eigenvalue weighted by molar-refractivity contribution is -0.0735. The number of aliphatic hydroxyl groups excluding tert-OH is 1. The SMILES string of the molecule is CC1(C)CN(C(=O)NC(CCCO)c2ccccc2)CCO1. The van der Waals surface area contributed by atoms with Crippen molar-refractivity contribution in [2.24, 2.45) is 0 Å². The topological polar surface area (TPSA) is 61.8 Å². The maximum atomic E-state index is 12.5. The van der Waals surface area contributed by atoms with Gasteiger partial charge in [0.15, 0.2) is 0 Å². The standard InChI is InChI=1S/C17H26N2O3/c1-17(2)13-19(10-12-22-17)16(21)18-15(9-6-11-20)14-7-4-3-5-8-14/h3-5,7-8,15,20H,6,9-13H2,1-2H3,(H,18,21). The van der Waals surface area contributed by atoms with Crippen molar-refractivity contribution in [3.8, 4) is 0 Å². The van der Waals surface area contributed by atoms with Gasteiger partial charge in [0.2, 0.25) is 0 Å². The van der Waals surface area contributed by atoms with Crippen molar-refractivity contribution >= 4 is 6.03 Å². The van der Waals surface area contributed by atoms with E-state index in [2.05, 4.69) is 5.32 Å². The quantitative estimate of drug-likeness (QED) is 0.877. The van der Waals surface area contributed by atoms with E-state index >= 15 is 0 Å². The third-order valence-electron chi connectivity index (χ3n) is 3.86. The van der Waals surface area contributed by atoms with Gasteiger partial charge in [-0.3, -0.25) is 0 Å². The minimum Gasteiger partial charge on any atom is -0.396 e. The van der Waals surface area contributed by atoms with Crippen LogP contribution in [0.1, 0.15) is 38.3 Å². The zero-order chi connectivity index (χ0) is 16.0. The van der Waals surface area contributed by atoms with Crippen molar-refractivity contribution in [2.45, 2.75) is 38.3 Å². The lowest BCUT2D eigenvalue weighted by Gasteiger charge is -2.38. The summed E-state index contributed by atoms with van der Waals surface area (Å²) < 4.78 is 5.65. The lowest BCUT2D eigenvalue weighted by Crippen LogP contribution is -2.53. The highest BCUT2D eigenvalue weighted by Crippen LogP contribution is 2.20. The molecule has 5 heteroatoms. The number of urea groups is 1. The molecule has 0 aromatic heterocycles. The molecule has 1 fully saturated rings. The van der Waals surface area contributed by atoms with E-state index in [0.29, 0.717) is 26.1 Å². The summed E-state index contributed by atoms with van der Waals surface area (Å²) in [4.78, 5) is 14.3. The number of hydrogen-bond acceptors (Lipinski definition) is 3. The van der Waals surface area contributed by atoms with Gasteiger partial charge in [0.05, 0.1) is 24.8 Å². The molecule has 0 spiro atoms. The van der Waals surface area contributed by atoms with Crippen molar-refractivity contribution in [2.75, 3.05) is 26.3 Å². The first-order valence-corrected chi connectivity index (χ1v) is 7.87. The lowest BCUT2D eigenvalue weighted by atomic mass is 10.0. The molecule has 1 saturated heterocycles. The van der Waals surface area contributed by atoms with Gasteiger partial charge < -0.3 is 20.1 Å². The van der Waals surface area contributed by atoms with E-state index < -0.39 is 0 Å². The maximum Gasteiger partial charge on any atom is 0.318 e. The molecule has 0 radical (unpaired) electrons. The van der Waals surface area contributed by atoms with E-state index in [-0.39, 0.29) is 24.3 Å². The van der Waals surface area contributed by atoms with Gasteiger partial charge in [-0.15, -0.1) is 0 Å². The van der Waals surface area contributed by atoms with Crippen LogP contribution >= 0.6 is 0 Å². The predicted molar refractivity (Wildman–Crippen MR) is 85.6 cm³/mol. The number of aliphatic hydroxyl groups is 1. The first kappa shape index (κ1) is 16.8. The second-order valence-electron chi connectivity index (χ2n) is 6.31. The Balaban J connectivity index is 2.01. The first-order chi connectivity index (χ1) is 10.5. The zero-order valence-corrected chi connectivity index (χ0v) is 13.4. The Hall–Kier alpha value is -1.59. The van der Waals surface area contributed by atoms with Gasteiger partial charge in [0.1, 0.15) is 0 Å². The maximum absolute atomic E-state index is 12.5. The molecule has 1 aromatic carbocycles. The molecule has 1 aromatic rings. The molecule has 1 aliphatic heterocycles. The van der Waals surface area contributed by atoms with Gasteiger partial charge in [-0.2, -0.15) is 0 Å². The van der Waals surface area contributed by atoms with Crippen LogP contribution in [-0.4, -0.2) is 47.9 Å². The fourth-order valence-corrected chi connectivity index (χ4v) is 2.73. The normalized spacial score (nSPS) is 18.8. The molecule has 5 nitrogen and oxygen atoms in total. The number of carbonyl (C=O) groups excluding carboxylic acids is 1. The van der Waals surface area contributed by atoms with Crippen molar-refractivity contribution < 1.29 is 14.6 Å². The van der Waals surface area contributed by atoms with Crippen LogP contribution in [0.5, 0.6) is 0 Å². The van der Waals surface area contributed by atoms with Crippen molar-refractivity contribution in [1.29, 1.82) is 0 Å². The summed E-state index contributed by atoms with van der Waals surface area (Å²) in [5.41, 5.74) is 0.764. The van der Waals surface area contributed by atoms with Crippen LogP contribution in [-0.2, 0) is 4.74 Å². The Morgan fingerprint density at radius 2 is 2.14 bits per heavy atom.